The van der Waals surface area contributed by atoms with Crippen molar-refractivity contribution in [3.05, 3.63) is 35.4 Å². The molecule has 1 aromatic carbocycles. The Morgan fingerprint density at radius 3 is 2.42 bits per heavy atom. The molecule has 4 N–H and O–H groups in total. The summed E-state index contributed by atoms with van der Waals surface area (Å²) in [7, 11) is 0. The Balaban J connectivity index is 2.18. The smallest absolute Gasteiger partial charge is 0.252 e. The van der Waals surface area contributed by atoms with Gasteiger partial charge in [-0.1, -0.05) is 35.7 Å². The largest absolute Gasteiger partial charge is 0.409 e. The van der Waals surface area contributed by atoms with Crippen LogP contribution in [0.5, 0.6) is 0 Å². The second-order valence-electron chi connectivity index (χ2n) is 5.09. The highest BCUT2D eigenvalue weighted by Crippen LogP contribution is 2.30. The molecular formula is C14H19N3O2. The van der Waals surface area contributed by atoms with E-state index < -0.39 is 5.54 Å². The molecule has 0 unspecified atom stereocenters. The van der Waals surface area contributed by atoms with Gasteiger partial charge in [-0.15, -0.1) is 0 Å². The van der Waals surface area contributed by atoms with E-state index in [-0.39, 0.29) is 11.7 Å². The summed E-state index contributed by atoms with van der Waals surface area (Å²) >= 11 is 0. The van der Waals surface area contributed by atoms with E-state index in [1.807, 2.05) is 19.1 Å². The number of benzene rings is 1. The molecule has 1 saturated carbocycles. The van der Waals surface area contributed by atoms with Crippen LogP contribution in [0, 0.1) is 6.92 Å². The number of hydrogen-bond acceptors (Lipinski definition) is 3. The number of oxime groups is 1. The molecule has 0 radical (unpaired) electrons. The Kier molecular flexibility index (Phi) is 3.74. The van der Waals surface area contributed by atoms with Gasteiger partial charge in [-0.3, -0.25) is 4.79 Å². The van der Waals surface area contributed by atoms with E-state index in [0.717, 1.165) is 18.4 Å². The molecule has 0 spiro atoms. The molecule has 1 aliphatic carbocycles. The minimum Gasteiger partial charge on any atom is -0.409 e. The number of nitrogens with one attached hydrogen (secondary N) is 1. The lowest BCUT2D eigenvalue weighted by Gasteiger charge is -2.28. The van der Waals surface area contributed by atoms with Gasteiger partial charge < -0.3 is 16.3 Å². The molecule has 19 heavy (non-hydrogen) atoms. The molecule has 1 aromatic rings. The Morgan fingerprint density at radius 2 is 1.89 bits per heavy atom. The monoisotopic (exact) mass is 261 g/mol. The summed E-state index contributed by atoms with van der Waals surface area (Å²) in [5.41, 5.74) is 6.74. The quantitative estimate of drug-likeness (QED) is 0.335. The van der Waals surface area contributed by atoms with Crippen LogP contribution >= 0.6 is 0 Å². The fourth-order valence-electron chi connectivity index (χ4n) is 2.51. The first-order valence-corrected chi connectivity index (χ1v) is 6.44. The number of rotatable bonds is 3. The van der Waals surface area contributed by atoms with Crippen LogP contribution in [-0.4, -0.2) is 22.5 Å². The van der Waals surface area contributed by atoms with Gasteiger partial charge in [0.25, 0.3) is 5.91 Å². The highest BCUT2D eigenvalue weighted by molar-refractivity contribution is 6.00. The summed E-state index contributed by atoms with van der Waals surface area (Å²) in [6.45, 7) is 1.97. The van der Waals surface area contributed by atoms with E-state index in [1.165, 1.54) is 0 Å². The van der Waals surface area contributed by atoms with Crippen LogP contribution in [0.15, 0.2) is 29.4 Å². The van der Waals surface area contributed by atoms with E-state index >= 15 is 0 Å². The predicted molar refractivity (Wildman–Crippen MR) is 73.3 cm³/mol. The number of nitrogens with two attached hydrogens (primary N) is 1. The van der Waals surface area contributed by atoms with Gasteiger partial charge in [-0.05, 0) is 31.9 Å². The summed E-state index contributed by atoms with van der Waals surface area (Å²) < 4.78 is 0. The van der Waals surface area contributed by atoms with Gasteiger partial charge in [-0.2, -0.15) is 0 Å². The van der Waals surface area contributed by atoms with E-state index in [0.29, 0.717) is 18.4 Å². The maximum absolute atomic E-state index is 12.2. The molecule has 5 heteroatoms. The third-order valence-corrected chi connectivity index (χ3v) is 3.72. The Hall–Kier alpha value is -2.04. The number of amides is 1. The third-order valence-electron chi connectivity index (χ3n) is 3.72. The molecule has 0 saturated heterocycles. The van der Waals surface area contributed by atoms with Gasteiger partial charge in [-0.25, -0.2) is 0 Å². The highest BCUT2D eigenvalue weighted by atomic mass is 16.4. The minimum atomic E-state index is -0.698. The topological polar surface area (TPSA) is 87.7 Å². The van der Waals surface area contributed by atoms with Gasteiger partial charge in [0.15, 0.2) is 5.84 Å². The second-order valence-corrected chi connectivity index (χ2v) is 5.09. The molecule has 2 rings (SSSR count). The van der Waals surface area contributed by atoms with Crippen molar-refractivity contribution in [3.63, 3.8) is 0 Å². The van der Waals surface area contributed by atoms with Crippen LogP contribution in [0.4, 0.5) is 0 Å². The molecule has 0 bridgehead atoms. The van der Waals surface area contributed by atoms with Crippen molar-refractivity contribution in [3.8, 4) is 0 Å². The fourth-order valence-corrected chi connectivity index (χ4v) is 2.51. The summed E-state index contributed by atoms with van der Waals surface area (Å²) in [5.74, 6) is -0.0982. The van der Waals surface area contributed by atoms with Crippen molar-refractivity contribution < 1.29 is 10.0 Å². The summed E-state index contributed by atoms with van der Waals surface area (Å²) in [5, 5.41) is 14.9. The summed E-state index contributed by atoms with van der Waals surface area (Å²) in [6, 6.07) is 7.33. The van der Waals surface area contributed by atoms with E-state index in [2.05, 4.69) is 10.5 Å². The van der Waals surface area contributed by atoms with Crippen molar-refractivity contribution in [2.75, 3.05) is 0 Å². The van der Waals surface area contributed by atoms with Crippen molar-refractivity contribution in [2.24, 2.45) is 10.9 Å². The lowest BCUT2D eigenvalue weighted by Crippen LogP contribution is -2.55. The second kappa shape index (κ2) is 5.30. The lowest BCUT2D eigenvalue weighted by atomic mass is 9.95. The standard InChI is InChI=1S/C14H19N3O2/c1-10-4-6-11(7-5-10)12(18)16-14(13(15)17-19)8-2-3-9-14/h4-7,19H,2-3,8-9H2,1H3,(H2,15,17)(H,16,18). The minimum absolute atomic E-state index is 0.0884. The van der Waals surface area contributed by atoms with Gasteiger partial charge >= 0.3 is 0 Å². The lowest BCUT2D eigenvalue weighted by molar-refractivity contribution is 0.0922. The SMILES string of the molecule is Cc1ccc(C(=O)NC2(/C(N)=N/O)CCCC2)cc1. The first kappa shape index (κ1) is 13.4. The van der Waals surface area contributed by atoms with Crippen LogP contribution < -0.4 is 11.1 Å². The number of nitrogens with zero attached hydrogens (tertiary/aromatic N) is 1. The zero-order valence-electron chi connectivity index (χ0n) is 11.0. The first-order valence-electron chi connectivity index (χ1n) is 6.44. The highest BCUT2D eigenvalue weighted by Gasteiger charge is 2.39. The van der Waals surface area contributed by atoms with E-state index in [4.69, 9.17) is 10.9 Å². The molecule has 1 fully saturated rings. The van der Waals surface area contributed by atoms with Crippen LogP contribution in [0.3, 0.4) is 0 Å². The van der Waals surface area contributed by atoms with Crippen molar-refractivity contribution >= 4 is 11.7 Å². The zero-order valence-corrected chi connectivity index (χ0v) is 11.0. The number of carbonyl (C=O) groups is 1. The van der Waals surface area contributed by atoms with Gasteiger partial charge in [0.2, 0.25) is 0 Å². The number of amidine groups is 1. The van der Waals surface area contributed by atoms with Gasteiger partial charge in [0.05, 0.1) is 0 Å². The number of carbonyl (C=O) groups excluding carboxylic acids is 1. The molecule has 0 aliphatic heterocycles. The maximum Gasteiger partial charge on any atom is 0.252 e. The molecule has 102 valence electrons. The molecule has 0 aromatic heterocycles. The fraction of sp³-hybridized carbons (Fsp3) is 0.429. The van der Waals surface area contributed by atoms with Crippen LogP contribution in [0.2, 0.25) is 0 Å². The number of hydrogen-bond donors (Lipinski definition) is 3. The van der Waals surface area contributed by atoms with Gasteiger partial charge in [0, 0.05) is 5.56 Å². The average Bonchev–Trinajstić information content (AvgIpc) is 2.88. The Morgan fingerprint density at radius 1 is 1.32 bits per heavy atom. The van der Waals surface area contributed by atoms with Crippen LogP contribution in [0.1, 0.15) is 41.6 Å². The third kappa shape index (κ3) is 2.70. The molecular weight excluding hydrogens is 242 g/mol. The molecule has 1 aliphatic rings. The summed E-state index contributed by atoms with van der Waals surface area (Å²) in [6.07, 6.45) is 3.34. The molecule has 1 amide bonds. The predicted octanol–water partition coefficient (Wildman–Crippen LogP) is 1.78. The van der Waals surface area contributed by atoms with Gasteiger partial charge in [0.1, 0.15) is 5.54 Å². The van der Waals surface area contributed by atoms with Crippen molar-refractivity contribution in [1.29, 1.82) is 0 Å². The Labute approximate surface area is 112 Å². The van der Waals surface area contributed by atoms with Crippen LogP contribution in [-0.2, 0) is 0 Å². The van der Waals surface area contributed by atoms with E-state index in [9.17, 15) is 4.79 Å². The molecule has 0 heterocycles. The summed E-state index contributed by atoms with van der Waals surface area (Å²) in [4.78, 5) is 12.2. The first-order chi connectivity index (χ1) is 9.07. The maximum atomic E-state index is 12.2. The zero-order chi connectivity index (χ0) is 13.9. The van der Waals surface area contributed by atoms with Crippen molar-refractivity contribution in [2.45, 2.75) is 38.1 Å². The normalized spacial score (nSPS) is 18.3. The van der Waals surface area contributed by atoms with E-state index in [1.54, 1.807) is 12.1 Å². The molecule has 5 nitrogen and oxygen atoms in total. The van der Waals surface area contributed by atoms with Crippen molar-refractivity contribution in [1.82, 2.24) is 5.32 Å². The Bertz CT molecular complexity index is 488. The van der Waals surface area contributed by atoms with Crippen LogP contribution in [0.25, 0.3) is 0 Å². The average molecular weight is 261 g/mol. The molecule has 0 atom stereocenters. The number of aryl methyl sites for hydroxylation is 1.